The van der Waals surface area contributed by atoms with Crippen molar-refractivity contribution in [2.24, 2.45) is 5.11 Å². The van der Waals surface area contributed by atoms with Crippen molar-refractivity contribution in [2.45, 2.75) is 37.8 Å². The van der Waals surface area contributed by atoms with Crippen molar-refractivity contribution >= 4 is 6.09 Å². The third kappa shape index (κ3) is 2.83. The van der Waals surface area contributed by atoms with Crippen molar-refractivity contribution in [3.8, 4) is 0 Å². The van der Waals surface area contributed by atoms with Crippen LogP contribution in [-0.2, 0) is 0 Å². The minimum Gasteiger partial charge on any atom is -0.530 e. The molecule has 0 aromatic carbocycles. The van der Waals surface area contributed by atoms with E-state index >= 15 is 0 Å². The molecule has 1 fully saturated rings. The highest BCUT2D eigenvalue weighted by atomic mass is 16.4. The van der Waals surface area contributed by atoms with Crippen LogP contribution < -0.4 is 15.3 Å². The molecule has 0 saturated heterocycles. The molecule has 1 rings (SSSR count). The fourth-order valence-corrected chi connectivity index (χ4v) is 1.64. The van der Waals surface area contributed by atoms with Crippen LogP contribution in [-0.4, -0.2) is 18.2 Å². The molecule has 0 spiro atoms. The zero-order chi connectivity index (χ0) is 9.68. The minimum absolute atomic E-state index is 0.191. The smallest absolute Gasteiger partial charge is 0.214 e. The predicted molar refractivity (Wildman–Crippen MR) is 41.9 cm³/mol. The molecule has 1 aliphatic carbocycles. The van der Waals surface area contributed by atoms with Crippen molar-refractivity contribution in [3.05, 3.63) is 0 Å². The van der Waals surface area contributed by atoms with Crippen LogP contribution in [0, 0.1) is 5.53 Å². The Morgan fingerprint density at radius 1 is 1.54 bits per heavy atom. The van der Waals surface area contributed by atoms with E-state index in [2.05, 4.69) is 15.3 Å². The third-order valence-corrected chi connectivity index (χ3v) is 2.24. The largest absolute Gasteiger partial charge is 0.530 e. The Morgan fingerprint density at radius 2 is 2.23 bits per heavy atom. The first-order valence-corrected chi connectivity index (χ1v) is 4.28. The monoisotopic (exact) mass is 184 g/mol. The molecule has 1 amide bonds. The Balaban J connectivity index is 2.55. The average Bonchev–Trinajstić information content (AvgIpc) is 2.08. The molecule has 13 heavy (non-hydrogen) atoms. The standard InChI is InChI=1S/C7H12N4O2/c8-11-10-6-4-2-1-3-5(6)9-7(12)13/h5-6,8-9H,1-4H2. The predicted octanol–water partition coefficient (Wildman–Crippen LogP) is -0.219. The lowest BCUT2D eigenvalue weighted by Crippen LogP contribution is -2.49. The summed E-state index contributed by atoms with van der Waals surface area (Å²) in [6.07, 6.45) is 2.24. The van der Waals surface area contributed by atoms with Gasteiger partial charge >= 0.3 is 0 Å². The van der Waals surface area contributed by atoms with Crippen molar-refractivity contribution in [3.63, 3.8) is 0 Å². The quantitative estimate of drug-likeness (QED) is 0.457. The van der Waals surface area contributed by atoms with Gasteiger partial charge in [-0.3, -0.25) is 0 Å². The number of carbonyl (C=O) groups is 1. The highest BCUT2D eigenvalue weighted by Crippen LogP contribution is 2.20. The molecule has 0 heterocycles. The Hall–Kier alpha value is -1.42. The van der Waals surface area contributed by atoms with E-state index in [0.29, 0.717) is 0 Å². The van der Waals surface area contributed by atoms with Gasteiger partial charge in [-0.25, -0.2) is 0 Å². The molecular formula is C7H12N4O2. The lowest BCUT2D eigenvalue weighted by molar-refractivity contribution is -0.252. The topological polar surface area (TPSA) is 102 Å². The molecule has 2 N–H and O–H groups in total. The highest BCUT2D eigenvalue weighted by Gasteiger charge is 2.28. The minimum atomic E-state index is -1.28. The van der Waals surface area contributed by atoms with Crippen molar-refractivity contribution < 1.29 is 9.90 Å². The fourth-order valence-electron chi connectivity index (χ4n) is 1.64. The Kier molecular flexibility index (Phi) is 3.40. The first-order chi connectivity index (χ1) is 6.24. The van der Waals surface area contributed by atoms with Crippen LogP contribution in [0.25, 0.3) is 0 Å². The van der Waals surface area contributed by atoms with E-state index in [1.165, 1.54) is 0 Å². The molecule has 2 atom stereocenters. The van der Waals surface area contributed by atoms with Crippen molar-refractivity contribution in [2.75, 3.05) is 0 Å². The van der Waals surface area contributed by atoms with Crippen LogP contribution in [0.4, 0.5) is 4.79 Å². The van der Waals surface area contributed by atoms with E-state index in [4.69, 9.17) is 5.53 Å². The summed E-state index contributed by atoms with van der Waals surface area (Å²) in [6.45, 7) is 0. The number of nitrogens with one attached hydrogen (secondary N) is 2. The number of nitrogens with zero attached hydrogens (tertiary/aromatic N) is 2. The van der Waals surface area contributed by atoms with Gasteiger partial charge in [0, 0.05) is 0 Å². The molecular weight excluding hydrogens is 172 g/mol. The van der Waals surface area contributed by atoms with Crippen LogP contribution in [0.1, 0.15) is 25.7 Å². The van der Waals surface area contributed by atoms with Gasteiger partial charge in [-0.1, -0.05) is 12.8 Å². The summed E-state index contributed by atoms with van der Waals surface area (Å²) in [6, 6.07) is -0.419. The van der Waals surface area contributed by atoms with E-state index < -0.39 is 6.09 Å². The second-order valence-electron chi connectivity index (χ2n) is 3.11. The Labute approximate surface area is 75.6 Å². The van der Waals surface area contributed by atoms with E-state index in [1.54, 1.807) is 0 Å². The van der Waals surface area contributed by atoms with Crippen LogP contribution in [0.3, 0.4) is 0 Å². The molecule has 0 radical (unpaired) electrons. The molecule has 2 unspecified atom stereocenters. The second kappa shape index (κ2) is 4.57. The van der Waals surface area contributed by atoms with E-state index in [-0.39, 0.29) is 12.1 Å². The fraction of sp³-hybridized carbons (Fsp3) is 0.857. The van der Waals surface area contributed by atoms with E-state index in [0.717, 1.165) is 25.7 Å². The maximum Gasteiger partial charge on any atom is 0.214 e. The summed E-state index contributed by atoms with van der Waals surface area (Å²) in [5.74, 6) is 0. The summed E-state index contributed by atoms with van der Waals surface area (Å²) in [7, 11) is 0. The summed E-state index contributed by atoms with van der Waals surface area (Å²) >= 11 is 0. The SMILES string of the molecule is N=[N+]=NC1CCCCC1NC(=O)[O-]. The number of amides is 1. The summed E-state index contributed by atoms with van der Waals surface area (Å²) in [5, 5.41) is 16.2. The van der Waals surface area contributed by atoms with Gasteiger partial charge in [-0.15, -0.1) is 0 Å². The highest BCUT2D eigenvalue weighted by molar-refractivity contribution is 5.62. The van der Waals surface area contributed by atoms with Crippen LogP contribution in [0.15, 0.2) is 5.11 Å². The number of carboxylic acid groups (broad SMARTS) is 1. The first-order valence-electron chi connectivity index (χ1n) is 4.28. The molecule has 0 aromatic rings. The van der Waals surface area contributed by atoms with Gasteiger partial charge in [0.15, 0.2) is 6.04 Å². The van der Waals surface area contributed by atoms with Gasteiger partial charge in [-0.2, -0.15) is 0 Å². The molecule has 6 nitrogen and oxygen atoms in total. The maximum atomic E-state index is 10.3. The van der Waals surface area contributed by atoms with Gasteiger partial charge in [-0.05, 0) is 12.8 Å². The zero-order valence-electron chi connectivity index (χ0n) is 7.19. The number of carbonyl (C=O) groups excluding carboxylic acids is 1. The van der Waals surface area contributed by atoms with Gasteiger partial charge in [0.2, 0.25) is 4.91 Å². The van der Waals surface area contributed by atoms with E-state index in [9.17, 15) is 9.90 Å². The second-order valence-corrected chi connectivity index (χ2v) is 3.11. The maximum absolute atomic E-state index is 10.3. The summed E-state index contributed by atoms with van der Waals surface area (Å²) < 4.78 is 0. The van der Waals surface area contributed by atoms with E-state index in [1.807, 2.05) is 0 Å². The average molecular weight is 184 g/mol. The Bertz CT molecular complexity index is 237. The van der Waals surface area contributed by atoms with Gasteiger partial charge in [0.25, 0.3) is 0 Å². The number of rotatable bonds is 2. The Morgan fingerprint density at radius 3 is 2.85 bits per heavy atom. The molecule has 0 aliphatic heterocycles. The lowest BCUT2D eigenvalue weighted by Gasteiger charge is -2.26. The molecule has 0 aromatic heterocycles. The van der Waals surface area contributed by atoms with Crippen LogP contribution in [0.2, 0.25) is 0 Å². The molecule has 6 heteroatoms. The van der Waals surface area contributed by atoms with Crippen molar-refractivity contribution in [1.29, 1.82) is 5.53 Å². The van der Waals surface area contributed by atoms with Gasteiger partial charge in [0.05, 0.1) is 6.04 Å². The van der Waals surface area contributed by atoms with Crippen LogP contribution >= 0.6 is 0 Å². The molecule has 1 aliphatic rings. The van der Waals surface area contributed by atoms with Crippen molar-refractivity contribution in [1.82, 2.24) is 10.2 Å². The normalized spacial score (nSPS) is 27.4. The van der Waals surface area contributed by atoms with Gasteiger partial charge < -0.3 is 15.2 Å². The summed E-state index contributed by atoms with van der Waals surface area (Å²) in [4.78, 5) is 13.2. The molecule has 1 saturated carbocycles. The van der Waals surface area contributed by atoms with Gasteiger partial charge in [0.1, 0.15) is 16.7 Å². The lowest BCUT2D eigenvalue weighted by atomic mass is 9.91. The molecule has 0 bridgehead atoms. The van der Waals surface area contributed by atoms with Crippen LogP contribution in [0.5, 0.6) is 0 Å². The molecule has 72 valence electrons. The number of hydrogen-bond donors (Lipinski definition) is 2. The zero-order valence-corrected chi connectivity index (χ0v) is 7.19. The summed E-state index contributed by atoms with van der Waals surface area (Å²) in [5.41, 5.74) is 6.58. The number of hydrogen-bond acceptors (Lipinski definition) is 4. The third-order valence-electron chi connectivity index (χ3n) is 2.24. The first kappa shape index (κ1) is 9.67.